The smallest absolute Gasteiger partial charge is 0.351 e. The Morgan fingerprint density at radius 2 is 2.13 bits per heavy atom. The largest absolute Gasteiger partial charge is 0.401 e. The second-order valence-corrected chi connectivity index (χ2v) is 5.58. The Labute approximate surface area is 131 Å². The van der Waals surface area contributed by atoms with E-state index in [0.29, 0.717) is 18.7 Å². The number of benzene rings is 1. The highest BCUT2D eigenvalue weighted by Gasteiger charge is 2.28. The van der Waals surface area contributed by atoms with Crippen LogP contribution < -0.4 is 5.32 Å². The standard InChI is InChI=1S/C15H19F3N4O/c1-10-4-5-12-11(8-10)13(21-20-12)14(23)19-6-3-7-22(2)9-15(16,17)18/h4-5,8H,3,6-7,9H2,1-2H3,(H,19,23)(H,20,21). The summed E-state index contributed by atoms with van der Waals surface area (Å²) in [5.41, 5.74) is 2.08. The molecule has 2 aromatic rings. The van der Waals surface area contributed by atoms with Gasteiger partial charge in [-0.15, -0.1) is 0 Å². The lowest BCUT2D eigenvalue weighted by molar-refractivity contribution is -0.143. The van der Waals surface area contributed by atoms with E-state index in [4.69, 9.17) is 0 Å². The number of aromatic amines is 1. The van der Waals surface area contributed by atoms with Gasteiger partial charge in [-0.3, -0.25) is 14.8 Å². The van der Waals surface area contributed by atoms with Crippen molar-refractivity contribution in [1.82, 2.24) is 20.4 Å². The molecule has 126 valence electrons. The van der Waals surface area contributed by atoms with E-state index in [0.717, 1.165) is 16.5 Å². The molecule has 5 nitrogen and oxygen atoms in total. The van der Waals surface area contributed by atoms with Crippen molar-refractivity contribution in [2.75, 3.05) is 26.7 Å². The molecule has 0 saturated heterocycles. The summed E-state index contributed by atoms with van der Waals surface area (Å²) in [4.78, 5) is 13.3. The number of H-pyrrole nitrogens is 1. The summed E-state index contributed by atoms with van der Waals surface area (Å²) in [5, 5.41) is 10.2. The molecule has 0 bridgehead atoms. The number of carbonyl (C=O) groups excluding carboxylic acids is 1. The van der Waals surface area contributed by atoms with Crippen LogP contribution in [0.2, 0.25) is 0 Å². The number of aryl methyl sites for hydroxylation is 1. The molecule has 1 aromatic heterocycles. The SMILES string of the molecule is Cc1ccc2[nH]nc(C(=O)NCCCN(C)CC(F)(F)F)c2c1. The third-order valence-corrected chi connectivity index (χ3v) is 3.38. The number of alkyl halides is 3. The first-order valence-electron chi connectivity index (χ1n) is 7.24. The topological polar surface area (TPSA) is 61.0 Å². The number of nitrogens with one attached hydrogen (secondary N) is 2. The fraction of sp³-hybridized carbons (Fsp3) is 0.467. The van der Waals surface area contributed by atoms with Crippen molar-refractivity contribution < 1.29 is 18.0 Å². The van der Waals surface area contributed by atoms with Gasteiger partial charge >= 0.3 is 6.18 Å². The molecule has 0 aliphatic heterocycles. The van der Waals surface area contributed by atoms with Gasteiger partial charge in [0, 0.05) is 11.9 Å². The number of nitrogens with zero attached hydrogens (tertiary/aromatic N) is 2. The lowest BCUT2D eigenvalue weighted by Gasteiger charge is -2.18. The van der Waals surface area contributed by atoms with Crippen LogP contribution in [0.4, 0.5) is 13.2 Å². The molecular weight excluding hydrogens is 309 g/mol. The van der Waals surface area contributed by atoms with Gasteiger partial charge in [0.1, 0.15) is 0 Å². The van der Waals surface area contributed by atoms with Crippen molar-refractivity contribution in [3.05, 3.63) is 29.5 Å². The molecule has 23 heavy (non-hydrogen) atoms. The van der Waals surface area contributed by atoms with Crippen molar-refractivity contribution in [3.8, 4) is 0 Å². The average Bonchev–Trinajstić information content (AvgIpc) is 2.84. The molecule has 0 unspecified atom stereocenters. The first-order valence-corrected chi connectivity index (χ1v) is 7.24. The molecule has 0 spiro atoms. The molecule has 8 heteroatoms. The number of carbonyl (C=O) groups is 1. The first kappa shape index (κ1) is 17.3. The monoisotopic (exact) mass is 328 g/mol. The molecule has 1 aromatic carbocycles. The van der Waals surface area contributed by atoms with Gasteiger partial charge in [0.05, 0.1) is 12.1 Å². The summed E-state index contributed by atoms with van der Waals surface area (Å²) >= 11 is 0. The minimum Gasteiger partial charge on any atom is -0.351 e. The summed E-state index contributed by atoms with van der Waals surface area (Å²) < 4.78 is 36.6. The predicted octanol–water partition coefficient (Wildman–Crippen LogP) is 2.49. The van der Waals surface area contributed by atoms with E-state index < -0.39 is 12.7 Å². The fourth-order valence-corrected chi connectivity index (χ4v) is 2.32. The quantitative estimate of drug-likeness (QED) is 0.801. The Morgan fingerprint density at radius 3 is 2.83 bits per heavy atom. The van der Waals surface area contributed by atoms with Crippen molar-refractivity contribution in [2.24, 2.45) is 0 Å². The number of amides is 1. The molecule has 0 radical (unpaired) electrons. The maximum absolute atomic E-state index is 12.2. The Bertz CT molecular complexity index is 681. The molecule has 0 atom stereocenters. The van der Waals surface area contributed by atoms with Crippen molar-refractivity contribution >= 4 is 16.8 Å². The van der Waals surface area contributed by atoms with Gasteiger partial charge in [0.15, 0.2) is 5.69 Å². The van der Waals surface area contributed by atoms with Crippen LogP contribution >= 0.6 is 0 Å². The molecule has 2 N–H and O–H groups in total. The molecular formula is C15H19F3N4O. The second-order valence-electron chi connectivity index (χ2n) is 5.58. The Morgan fingerprint density at radius 1 is 1.39 bits per heavy atom. The molecule has 1 heterocycles. The van der Waals surface area contributed by atoms with Gasteiger partial charge in [-0.2, -0.15) is 18.3 Å². The van der Waals surface area contributed by atoms with Crippen molar-refractivity contribution in [1.29, 1.82) is 0 Å². The maximum atomic E-state index is 12.2. The highest BCUT2D eigenvalue weighted by molar-refractivity contribution is 6.04. The van der Waals surface area contributed by atoms with Crippen LogP contribution in [0.5, 0.6) is 0 Å². The number of aromatic nitrogens is 2. The van der Waals surface area contributed by atoms with E-state index in [1.54, 1.807) is 0 Å². The maximum Gasteiger partial charge on any atom is 0.401 e. The average molecular weight is 328 g/mol. The van der Waals surface area contributed by atoms with E-state index in [1.165, 1.54) is 11.9 Å². The van der Waals surface area contributed by atoms with Gasteiger partial charge in [0.25, 0.3) is 5.91 Å². The van der Waals surface area contributed by atoms with E-state index in [-0.39, 0.29) is 12.5 Å². The number of rotatable bonds is 6. The summed E-state index contributed by atoms with van der Waals surface area (Å²) in [7, 11) is 1.40. The first-order chi connectivity index (χ1) is 10.8. The van der Waals surface area contributed by atoms with Crippen LogP contribution in [-0.4, -0.2) is 53.9 Å². The zero-order chi connectivity index (χ0) is 17.0. The van der Waals surface area contributed by atoms with E-state index >= 15 is 0 Å². The molecule has 0 aliphatic carbocycles. The van der Waals surface area contributed by atoms with Gasteiger partial charge in [-0.1, -0.05) is 11.6 Å². The Hall–Kier alpha value is -2.09. The molecule has 1 amide bonds. The van der Waals surface area contributed by atoms with Crippen LogP contribution in [0.3, 0.4) is 0 Å². The third kappa shape index (κ3) is 4.95. The second kappa shape index (κ2) is 6.99. The molecule has 0 fully saturated rings. The normalized spacial score (nSPS) is 12.1. The lowest BCUT2D eigenvalue weighted by Crippen LogP contribution is -2.33. The van der Waals surface area contributed by atoms with E-state index in [1.807, 2.05) is 25.1 Å². The summed E-state index contributed by atoms with van der Waals surface area (Å²) in [5.74, 6) is -0.333. The third-order valence-electron chi connectivity index (χ3n) is 3.38. The number of hydrogen-bond donors (Lipinski definition) is 2. The highest BCUT2D eigenvalue weighted by atomic mass is 19.4. The number of hydrogen-bond acceptors (Lipinski definition) is 3. The lowest BCUT2D eigenvalue weighted by atomic mass is 10.1. The minimum absolute atomic E-state index is 0.250. The Kier molecular flexibility index (Phi) is 5.25. The Balaban J connectivity index is 1.84. The van der Waals surface area contributed by atoms with Crippen molar-refractivity contribution in [3.63, 3.8) is 0 Å². The van der Waals surface area contributed by atoms with E-state index in [9.17, 15) is 18.0 Å². The van der Waals surface area contributed by atoms with Gasteiger partial charge in [-0.25, -0.2) is 0 Å². The number of fused-ring (bicyclic) bond motifs is 1. The van der Waals surface area contributed by atoms with Gasteiger partial charge < -0.3 is 5.32 Å². The van der Waals surface area contributed by atoms with Crippen LogP contribution in [0.1, 0.15) is 22.5 Å². The summed E-state index contributed by atoms with van der Waals surface area (Å²) in [6.07, 6.45) is -3.77. The molecule has 0 aliphatic rings. The minimum atomic E-state index is -4.20. The van der Waals surface area contributed by atoms with Crippen LogP contribution in [0.25, 0.3) is 10.9 Å². The van der Waals surface area contributed by atoms with E-state index in [2.05, 4.69) is 15.5 Å². The highest BCUT2D eigenvalue weighted by Crippen LogP contribution is 2.17. The van der Waals surface area contributed by atoms with Crippen LogP contribution in [-0.2, 0) is 0 Å². The van der Waals surface area contributed by atoms with Gasteiger partial charge in [0.2, 0.25) is 0 Å². The molecule has 2 rings (SSSR count). The number of halogens is 3. The van der Waals surface area contributed by atoms with Gasteiger partial charge in [-0.05, 0) is 39.1 Å². The zero-order valence-corrected chi connectivity index (χ0v) is 13.0. The summed E-state index contributed by atoms with van der Waals surface area (Å²) in [6.45, 7) is 1.51. The van der Waals surface area contributed by atoms with Crippen LogP contribution in [0.15, 0.2) is 18.2 Å². The van der Waals surface area contributed by atoms with Crippen LogP contribution in [0, 0.1) is 6.92 Å². The summed E-state index contributed by atoms with van der Waals surface area (Å²) in [6, 6.07) is 5.63. The van der Waals surface area contributed by atoms with Crippen molar-refractivity contribution in [2.45, 2.75) is 19.5 Å². The molecule has 0 saturated carbocycles. The fourth-order valence-electron chi connectivity index (χ4n) is 2.32. The zero-order valence-electron chi connectivity index (χ0n) is 13.0. The predicted molar refractivity (Wildman–Crippen MR) is 81.3 cm³/mol.